The van der Waals surface area contributed by atoms with Gasteiger partial charge < -0.3 is 56.0 Å². The van der Waals surface area contributed by atoms with Crippen molar-refractivity contribution >= 4 is 69.1 Å². The summed E-state index contributed by atoms with van der Waals surface area (Å²) in [6.45, 7) is 2.56. The summed E-state index contributed by atoms with van der Waals surface area (Å²) in [5, 5.41) is 36.4. The van der Waals surface area contributed by atoms with E-state index in [1.165, 1.54) is 13.8 Å². The standard InChI is InChI=1S/C32H56N7O18P3S/c1-4-5-6-9-20(40)10-7-8-11-23(42)61-15-14-34-22(41)12-13-35-30(45)27(44)32(2,3)17-54-60(51,52)57-59(49,50)53-16-21-26(56-58(46,47)48)25(43)31(55-21)39-19-38-24-28(33)36-18-37-29(24)39/h18-21,25-27,31,40,43-44H,4-17H2,1-3H3,(H,34,41)(H,35,45)(H,49,50)(H,51,52)(H2,33,36,37)(H2,46,47,48). The molecule has 61 heavy (non-hydrogen) atoms. The van der Waals surface area contributed by atoms with Gasteiger partial charge in [0.15, 0.2) is 22.8 Å². The number of ether oxygens (including phenoxy) is 1. The van der Waals surface area contributed by atoms with E-state index in [1.54, 1.807) is 0 Å². The Morgan fingerprint density at radius 1 is 0.967 bits per heavy atom. The van der Waals surface area contributed by atoms with E-state index in [0.29, 0.717) is 25.0 Å². The summed E-state index contributed by atoms with van der Waals surface area (Å²) in [5.41, 5.74) is 4.26. The Labute approximate surface area is 355 Å². The quantitative estimate of drug-likeness (QED) is 0.0422. The van der Waals surface area contributed by atoms with Gasteiger partial charge in [0.25, 0.3) is 0 Å². The maximum atomic E-state index is 12.7. The Hall–Kier alpha value is -2.48. The number of anilines is 1. The molecule has 0 aromatic carbocycles. The number of aliphatic hydroxyl groups is 3. The van der Waals surface area contributed by atoms with E-state index in [2.05, 4.69) is 41.3 Å². The van der Waals surface area contributed by atoms with Crippen molar-refractivity contribution in [3.63, 3.8) is 0 Å². The van der Waals surface area contributed by atoms with Crippen molar-refractivity contribution in [2.45, 2.75) is 115 Å². The monoisotopic (exact) mass is 951 g/mol. The molecule has 1 aliphatic rings. The molecule has 1 fully saturated rings. The van der Waals surface area contributed by atoms with Crippen molar-refractivity contribution in [3.8, 4) is 0 Å². The fraction of sp³-hybridized carbons (Fsp3) is 0.750. The number of nitrogens with zero attached hydrogens (tertiary/aromatic N) is 4. The second-order valence-electron chi connectivity index (χ2n) is 14.7. The number of rotatable bonds is 28. The molecule has 348 valence electrons. The van der Waals surface area contributed by atoms with Crippen LogP contribution in [0.25, 0.3) is 11.2 Å². The van der Waals surface area contributed by atoms with E-state index in [4.69, 9.17) is 19.5 Å². The van der Waals surface area contributed by atoms with Crippen LogP contribution in [0.1, 0.15) is 84.8 Å². The van der Waals surface area contributed by atoms with Crippen LogP contribution in [-0.2, 0) is 50.7 Å². The Morgan fingerprint density at radius 2 is 1.64 bits per heavy atom. The first-order chi connectivity index (χ1) is 28.4. The molecule has 2 aromatic heterocycles. The number of nitrogens with two attached hydrogens (primary N) is 1. The molecule has 8 atom stereocenters. The van der Waals surface area contributed by atoms with Crippen molar-refractivity contribution in [2.24, 2.45) is 5.41 Å². The molecule has 3 heterocycles. The normalized spacial score (nSPS) is 21.4. The van der Waals surface area contributed by atoms with Crippen molar-refractivity contribution < 1.29 is 85.6 Å². The third-order valence-corrected chi connectivity index (χ3v) is 13.1. The third kappa shape index (κ3) is 17.9. The molecular formula is C32H56N7O18P3S. The number of hydrogen-bond acceptors (Lipinski definition) is 19. The first-order valence-corrected chi connectivity index (χ1v) is 24.7. The van der Waals surface area contributed by atoms with Crippen molar-refractivity contribution in [1.82, 2.24) is 30.2 Å². The summed E-state index contributed by atoms with van der Waals surface area (Å²) < 4.78 is 62.2. The number of thioether (sulfide) groups is 1. The highest BCUT2D eigenvalue weighted by Crippen LogP contribution is 2.61. The smallest absolute Gasteiger partial charge is 0.393 e. The average Bonchev–Trinajstić information content (AvgIpc) is 3.73. The molecule has 25 nitrogen and oxygen atoms in total. The number of imidazole rings is 1. The lowest BCUT2D eigenvalue weighted by Gasteiger charge is -2.30. The van der Waals surface area contributed by atoms with Crippen molar-refractivity contribution in [1.29, 1.82) is 0 Å². The van der Waals surface area contributed by atoms with Gasteiger partial charge in [0.05, 0.1) is 25.6 Å². The predicted octanol–water partition coefficient (Wildman–Crippen LogP) is 1.17. The summed E-state index contributed by atoms with van der Waals surface area (Å²) in [6, 6.07) is 0. The molecule has 2 aromatic rings. The van der Waals surface area contributed by atoms with Crippen LogP contribution < -0.4 is 16.4 Å². The number of amides is 2. The molecule has 8 unspecified atom stereocenters. The van der Waals surface area contributed by atoms with E-state index in [-0.39, 0.29) is 47.7 Å². The lowest BCUT2D eigenvalue weighted by molar-refractivity contribution is -0.137. The Kier molecular flexibility index (Phi) is 20.8. The molecule has 11 N–H and O–H groups in total. The Morgan fingerprint density at radius 3 is 2.31 bits per heavy atom. The van der Waals surface area contributed by atoms with Crippen LogP contribution >= 0.6 is 35.2 Å². The third-order valence-electron chi connectivity index (χ3n) is 9.07. The zero-order valence-corrected chi connectivity index (χ0v) is 37.3. The molecular weight excluding hydrogens is 895 g/mol. The van der Waals surface area contributed by atoms with Crippen LogP contribution in [0.5, 0.6) is 0 Å². The first-order valence-electron chi connectivity index (χ1n) is 19.2. The molecule has 1 aliphatic heterocycles. The number of nitrogen functional groups attached to an aromatic ring is 1. The van der Waals surface area contributed by atoms with E-state index in [9.17, 15) is 63.0 Å². The van der Waals surface area contributed by atoms with Gasteiger partial charge in [-0.1, -0.05) is 58.2 Å². The van der Waals surface area contributed by atoms with Crippen LogP contribution in [0.4, 0.5) is 5.82 Å². The summed E-state index contributed by atoms with van der Waals surface area (Å²) >= 11 is 1.08. The largest absolute Gasteiger partial charge is 0.481 e. The minimum absolute atomic E-state index is 0.0216. The highest BCUT2D eigenvalue weighted by atomic mass is 32.2. The number of phosphoric acid groups is 3. The fourth-order valence-corrected chi connectivity index (χ4v) is 9.34. The van der Waals surface area contributed by atoms with Crippen LogP contribution in [-0.4, -0.2) is 134 Å². The first kappa shape index (κ1) is 52.9. The van der Waals surface area contributed by atoms with E-state index < -0.39 is 84.6 Å². The number of fused-ring (bicyclic) bond motifs is 1. The molecule has 29 heteroatoms. The zero-order valence-electron chi connectivity index (χ0n) is 33.8. The van der Waals surface area contributed by atoms with Gasteiger partial charge in [-0.05, 0) is 19.3 Å². The maximum Gasteiger partial charge on any atom is 0.481 e. The van der Waals surface area contributed by atoms with E-state index in [0.717, 1.165) is 61.1 Å². The van der Waals surface area contributed by atoms with Gasteiger partial charge in [-0.3, -0.25) is 32.5 Å². The molecule has 2 amide bonds. The van der Waals surface area contributed by atoms with Crippen molar-refractivity contribution in [3.05, 3.63) is 12.7 Å². The van der Waals surface area contributed by atoms with Crippen LogP contribution in [0, 0.1) is 5.41 Å². The fourth-order valence-electron chi connectivity index (χ4n) is 5.79. The number of aliphatic hydroxyl groups excluding tert-OH is 3. The summed E-state index contributed by atoms with van der Waals surface area (Å²) in [7, 11) is -16.4. The molecule has 1 saturated heterocycles. The number of phosphoric ester groups is 3. The zero-order chi connectivity index (χ0) is 45.6. The average molecular weight is 952 g/mol. The molecule has 0 spiro atoms. The van der Waals surface area contributed by atoms with Gasteiger partial charge in [-0.25, -0.2) is 28.6 Å². The number of carbonyl (C=O) groups excluding carboxylic acids is 3. The maximum absolute atomic E-state index is 12.7. The lowest BCUT2D eigenvalue weighted by Crippen LogP contribution is -2.46. The van der Waals surface area contributed by atoms with E-state index >= 15 is 0 Å². The number of unbranched alkanes of at least 4 members (excludes halogenated alkanes) is 3. The highest BCUT2D eigenvalue weighted by Gasteiger charge is 2.50. The molecule has 3 rings (SSSR count). The SMILES string of the molecule is CCCCCC(O)CCCCC(=O)SCCNC(=O)CCNC(=O)C(O)C(C)(C)COP(=O)(O)OP(=O)(O)OCC1OC(n2cnc3c(N)ncnc32)C(O)C1OP(=O)(O)O. The second kappa shape index (κ2) is 24.0. The Balaban J connectivity index is 1.40. The van der Waals surface area contributed by atoms with Gasteiger partial charge in [0.2, 0.25) is 11.8 Å². The lowest BCUT2D eigenvalue weighted by atomic mass is 9.87. The summed E-state index contributed by atoms with van der Waals surface area (Å²) in [5.74, 6) is -1.13. The number of nitrogens with one attached hydrogen (secondary N) is 2. The van der Waals surface area contributed by atoms with Gasteiger partial charge in [-0.2, -0.15) is 4.31 Å². The minimum atomic E-state index is -5.58. The highest BCUT2D eigenvalue weighted by molar-refractivity contribution is 8.13. The summed E-state index contributed by atoms with van der Waals surface area (Å²) in [4.78, 5) is 87.9. The molecule has 0 saturated carbocycles. The number of hydrogen-bond donors (Lipinski definition) is 10. The Bertz CT molecular complexity index is 1910. The van der Waals surface area contributed by atoms with Gasteiger partial charge >= 0.3 is 23.5 Å². The summed E-state index contributed by atoms with van der Waals surface area (Å²) in [6.07, 6.45) is -0.944. The second-order valence-corrected chi connectivity index (χ2v) is 20.1. The number of carbonyl (C=O) groups is 3. The predicted molar refractivity (Wildman–Crippen MR) is 216 cm³/mol. The van der Waals surface area contributed by atoms with Crippen LogP contribution in [0.15, 0.2) is 12.7 Å². The van der Waals surface area contributed by atoms with Gasteiger partial charge in [0.1, 0.15) is 36.3 Å². The number of aromatic nitrogens is 4. The van der Waals surface area contributed by atoms with Gasteiger partial charge in [0, 0.05) is 37.1 Å². The topological polar surface area (TPSA) is 384 Å². The molecule has 0 aliphatic carbocycles. The molecule has 0 radical (unpaired) electrons. The van der Waals surface area contributed by atoms with Crippen LogP contribution in [0.3, 0.4) is 0 Å². The van der Waals surface area contributed by atoms with Crippen molar-refractivity contribution in [2.75, 3.05) is 37.8 Å². The molecule has 0 bridgehead atoms. The minimum Gasteiger partial charge on any atom is -0.393 e. The van der Waals surface area contributed by atoms with E-state index in [1.807, 2.05) is 0 Å². The van der Waals surface area contributed by atoms with Gasteiger partial charge in [-0.15, -0.1) is 0 Å². The van der Waals surface area contributed by atoms with Crippen LogP contribution in [0.2, 0.25) is 0 Å².